The van der Waals surface area contributed by atoms with Crippen molar-refractivity contribution in [2.24, 2.45) is 0 Å². The molecule has 1 aliphatic heterocycles. The lowest BCUT2D eigenvalue weighted by Gasteiger charge is -2.32. The monoisotopic (exact) mass is 424 g/mol. The van der Waals surface area contributed by atoms with Gasteiger partial charge in [-0.25, -0.2) is 5.48 Å². The van der Waals surface area contributed by atoms with Crippen molar-refractivity contribution in [3.05, 3.63) is 59.7 Å². The number of amides is 1. The van der Waals surface area contributed by atoms with Gasteiger partial charge in [0.2, 0.25) is 5.91 Å². The van der Waals surface area contributed by atoms with Crippen LogP contribution >= 0.6 is 0 Å². The third-order valence-corrected chi connectivity index (χ3v) is 5.91. The average Bonchev–Trinajstić information content (AvgIpc) is 2.81. The number of carbonyl (C=O) groups excluding carboxylic acids is 2. The number of Topliss-reactive ketones (excluding diaryl/α,β-unsaturated/α-hetero) is 1. The Hall–Kier alpha value is -2.54. The lowest BCUT2D eigenvalue weighted by Crippen LogP contribution is -2.36. The van der Waals surface area contributed by atoms with Crippen molar-refractivity contribution in [2.45, 2.75) is 44.6 Å². The van der Waals surface area contributed by atoms with E-state index in [1.165, 1.54) is 5.56 Å². The highest BCUT2D eigenvalue weighted by Gasteiger charge is 2.21. The summed E-state index contributed by atoms with van der Waals surface area (Å²) in [6.07, 6.45) is 4.13. The van der Waals surface area contributed by atoms with E-state index in [9.17, 15) is 9.59 Å². The molecule has 166 valence electrons. The molecule has 0 saturated carbocycles. The third kappa shape index (κ3) is 6.72. The number of likely N-dealkylation sites (N-methyl/N-ethyl adjacent to an activating group) is 1. The highest BCUT2D eigenvalue weighted by atomic mass is 16.5. The van der Waals surface area contributed by atoms with E-state index in [1.807, 2.05) is 24.3 Å². The van der Waals surface area contributed by atoms with E-state index in [1.54, 1.807) is 5.48 Å². The largest absolute Gasteiger partial charge is 0.378 e. The van der Waals surface area contributed by atoms with Gasteiger partial charge in [-0.05, 0) is 36.6 Å². The number of nitrogens with zero attached hydrogens (tertiary/aromatic N) is 1. The number of nitrogens with one attached hydrogen (secondary N) is 1. The summed E-state index contributed by atoms with van der Waals surface area (Å²) < 4.78 is 5.62. The van der Waals surface area contributed by atoms with E-state index in [4.69, 9.17) is 9.94 Å². The molecule has 3 rings (SSSR count). The normalized spacial score (nSPS) is 16.8. The molecule has 1 unspecified atom stereocenters. The highest BCUT2D eigenvalue weighted by Crippen LogP contribution is 2.26. The van der Waals surface area contributed by atoms with Crippen LogP contribution in [0.4, 0.5) is 0 Å². The maximum Gasteiger partial charge on any atom is 0.243 e. The van der Waals surface area contributed by atoms with E-state index < -0.39 is 0 Å². The number of unbranched alkanes of at least 4 members (excludes halogenated alkanes) is 3. The zero-order chi connectivity index (χ0) is 22.1. The molecular weight excluding hydrogens is 392 g/mol. The number of hydrogen-bond acceptors (Lipinski definition) is 5. The summed E-state index contributed by atoms with van der Waals surface area (Å²) in [5.74, 6) is -0.212. The predicted molar refractivity (Wildman–Crippen MR) is 120 cm³/mol. The fraction of sp³-hybridized carbons (Fsp3) is 0.440. The van der Waals surface area contributed by atoms with Crippen LogP contribution in [0.1, 0.15) is 60.5 Å². The Morgan fingerprint density at radius 1 is 0.968 bits per heavy atom. The Kier molecular flexibility index (Phi) is 8.76. The van der Waals surface area contributed by atoms with Crippen molar-refractivity contribution in [3.8, 4) is 11.1 Å². The highest BCUT2D eigenvalue weighted by molar-refractivity contribution is 5.96. The van der Waals surface area contributed by atoms with Gasteiger partial charge in [-0.15, -0.1) is 0 Å². The summed E-state index contributed by atoms with van der Waals surface area (Å²) in [4.78, 5) is 25.7. The van der Waals surface area contributed by atoms with E-state index in [2.05, 4.69) is 36.2 Å². The maximum atomic E-state index is 12.4. The van der Waals surface area contributed by atoms with Gasteiger partial charge in [-0.1, -0.05) is 61.4 Å². The molecule has 6 nitrogen and oxygen atoms in total. The summed E-state index contributed by atoms with van der Waals surface area (Å²) in [5, 5.41) is 8.45. The van der Waals surface area contributed by atoms with Gasteiger partial charge in [0.15, 0.2) is 5.78 Å². The first kappa shape index (κ1) is 23.1. The second kappa shape index (κ2) is 11.7. The topological polar surface area (TPSA) is 78.9 Å². The summed E-state index contributed by atoms with van der Waals surface area (Å²) in [7, 11) is 2.13. The van der Waals surface area contributed by atoms with Crippen molar-refractivity contribution in [1.82, 2.24) is 10.4 Å². The molecule has 0 aliphatic carbocycles. The second-order valence-electron chi connectivity index (χ2n) is 8.14. The number of rotatable bonds is 10. The molecule has 1 amide bonds. The number of carbonyl (C=O) groups is 2. The molecule has 0 radical (unpaired) electrons. The molecule has 2 N–H and O–H groups in total. The van der Waals surface area contributed by atoms with E-state index >= 15 is 0 Å². The minimum Gasteiger partial charge on any atom is -0.378 e. The van der Waals surface area contributed by atoms with Crippen molar-refractivity contribution in [1.29, 1.82) is 0 Å². The quantitative estimate of drug-likeness (QED) is 0.256. The van der Waals surface area contributed by atoms with Crippen LogP contribution in [0.15, 0.2) is 48.5 Å². The molecule has 0 spiro atoms. The number of hydrogen-bond donors (Lipinski definition) is 2. The SMILES string of the molecule is CN1CCOCC1c1ccc(-c2ccc(C(=O)CCCCCCC(=O)NO)cc2)cc1. The van der Waals surface area contributed by atoms with Gasteiger partial charge in [0.1, 0.15) is 0 Å². The molecule has 31 heavy (non-hydrogen) atoms. The molecule has 0 aromatic heterocycles. The molecule has 1 fully saturated rings. The van der Waals surface area contributed by atoms with Gasteiger partial charge < -0.3 is 4.74 Å². The first-order valence-corrected chi connectivity index (χ1v) is 11.0. The van der Waals surface area contributed by atoms with Crippen LogP contribution in [0, 0.1) is 0 Å². The minimum atomic E-state index is -0.360. The molecule has 1 atom stereocenters. The summed E-state index contributed by atoms with van der Waals surface area (Å²) >= 11 is 0. The van der Waals surface area contributed by atoms with Gasteiger partial charge in [-0.3, -0.25) is 19.7 Å². The van der Waals surface area contributed by atoms with Crippen LogP contribution < -0.4 is 5.48 Å². The smallest absolute Gasteiger partial charge is 0.243 e. The second-order valence-corrected chi connectivity index (χ2v) is 8.14. The van der Waals surface area contributed by atoms with Gasteiger partial charge in [0.25, 0.3) is 0 Å². The summed E-state index contributed by atoms with van der Waals surface area (Å²) in [5.41, 5.74) is 5.86. The molecule has 1 aliphatic rings. The van der Waals surface area contributed by atoms with Crippen LogP contribution in [0.2, 0.25) is 0 Å². The lowest BCUT2D eigenvalue weighted by molar-refractivity contribution is -0.129. The Morgan fingerprint density at radius 2 is 1.58 bits per heavy atom. The van der Waals surface area contributed by atoms with Crippen molar-refractivity contribution in [3.63, 3.8) is 0 Å². The van der Waals surface area contributed by atoms with Crippen LogP contribution in [0.25, 0.3) is 11.1 Å². The Labute approximate surface area is 184 Å². The molecule has 1 saturated heterocycles. The molecule has 2 aromatic carbocycles. The average molecular weight is 425 g/mol. The zero-order valence-electron chi connectivity index (χ0n) is 18.2. The molecule has 0 bridgehead atoms. The minimum absolute atomic E-state index is 0.148. The van der Waals surface area contributed by atoms with E-state index in [0.29, 0.717) is 18.9 Å². The molecule has 2 aromatic rings. The Morgan fingerprint density at radius 3 is 2.19 bits per heavy atom. The zero-order valence-corrected chi connectivity index (χ0v) is 18.2. The number of morpholine rings is 1. The lowest BCUT2D eigenvalue weighted by atomic mass is 9.97. The van der Waals surface area contributed by atoms with Gasteiger partial charge >= 0.3 is 0 Å². The van der Waals surface area contributed by atoms with Crippen molar-refractivity contribution >= 4 is 11.7 Å². The standard InChI is InChI=1S/C25H32N2O4/c1-27-16-17-31-18-23(27)21-12-8-19(9-13-21)20-10-14-22(15-11-20)24(28)6-4-2-3-5-7-25(29)26-30/h8-15,23,30H,2-7,16-18H2,1H3,(H,26,29). The number of hydroxylamine groups is 1. The first-order valence-electron chi connectivity index (χ1n) is 11.0. The maximum absolute atomic E-state index is 12.4. The molecular formula is C25H32N2O4. The van der Waals surface area contributed by atoms with Gasteiger partial charge in [0.05, 0.1) is 19.3 Å². The third-order valence-electron chi connectivity index (χ3n) is 5.91. The molecule has 6 heteroatoms. The van der Waals surface area contributed by atoms with Crippen molar-refractivity contribution in [2.75, 3.05) is 26.8 Å². The van der Waals surface area contributed by atoms with Gasteiger partial charge in [-0.2, -0.15) is 0 Å². The van der Waals surface area contributed by atoms with Gasteiger partial charge in [0, 0.05) is 24.9 Å². The van der Waals surface area contributed by atoms with Crippen molar-refractivity contribution < 1.29 is 19.5 Å². The number of ketones is 1. The van der Waals surface area contributed by atoms with Crippen LogP contribution in [0.3, 0.4) is 0 Å². The van der Waals surface area contributed by atoms with E-state index in [-0.39, 0.29) is 11.7 Å². The number of ether oxygens (including phenoxy) is 1. The fourth-order valence-corrected chi connectivity index (χ4v) is 3.91. The molecule has 1 heterocycles. The summed E-state index contributed by atoms with van der Waals surface area (Å²) in [6.45, 7) is 2.47. The first-order chi connectivity index (χ1) is 15.1. The van der Waals surface area contributed by atoms with Crippen LogP contribution in [-0.2, 0) is 9.53 Å². The number of benzene rings is 2. The van der Waals surface area contributed by atoms with E-state index in [0.717, 1.165) is 62.1 Å². The fourth-order valence-electron chi connectivity index (χ4n) is 3.91. The van der Waals surface area contributed by atoms with Crippen LogP contribution in [-0.4, -0.2) is 48.6 Å². The van der Waals surface area contributed by atoms with Crippen LogP contribution in [0.5, 0.6) is 0 Å². The summed E-state index contributed by atoms with van der Waals surface area (Å²) in [6, 6.07) is 16.7. The Balaban J connectivity index is 1.48. The Bertz CT molecular complexity index is 849. The predicted octanol–water partition coefficient (Wildman–Crippen LogP) is 4.39.